The third kappa shape index (κ3) is 2.69. The lowest BCUT2D eigenvalue weighted by Gasteiger charge is -2.41. The van der Waals surface area contributed by atoms with E-state index in [0.29, 0.717) is 13.0 Å². The molecule has 1 aromatic rings. The van der Waals surface area contributed by atoms with Crippen molar-refractivity contribution in [2.24, 2.45) is 5.41 Å². The highest BCUT2D eigenvalue weighted by molar-refractivity contribution is 5.78. The van der Waals surface area contributed by atoms with Crippen molar-refractivity contribution < 1.29 is 9.90 Å². The highest BCUT2D eigenvalue weighted by Gasteiger charge is 2.35. The summed E-state index contributed by atoms with van der Waals surface area (Å²) < 4.78 is 0. The Balaban J connectivity index is 1.93. The monoisotopic (exact) mass is 236 g/mol. The highest BCUT2D eigenvalue weighted by Crippen LogP contribution is 2.30. The fourth-order valence-corrected chi connectivity index (χ4v) is 2.12. The smallest absolute Gasteiger partial charge is 0.227 e. The largest absolute Gasteiger partial charge is 0.391 e. The van der Waals surface area contributed by atoms with Crippen LogP contribution in [0.1, 0.15) is 25.8 Å². The summed E-state index contributed by atoms with van der Waals surface area (Å²) in [5.74, 6) is 0.0964. The van der Waals surface area contributed by atoms with Gasteiger partial charge in [-0.15, -0.1) is 0 Å². The first-order chi connectivity index (χ1) is 7.99. The molecule has 4 nitrogen and oxygen atoms in total. The quantitative estimate of drug-likeness (QED) is 0.810. The number of aromatic nitrogens is 1. The summed E-state index contributed by atoms with van der Waals surface area (Å²) in [6.45, 7) is 5.29. The van der Waals surface area contributed by atoms with Crippen molar-refractivity contribution in [3.05, 3.63) is 24.0 Å². The molecule has 1 amide bonds. The van der Waals surface area contributed by atoms with Gasteiger partial charge in [0.1, 0.15) is 0 Å². The Morgan fingerprint density at radius 2 is 2.41 bits per heavy atom. The second kappa shape index (κ2) is 4.53. The number of hydrogen-bond donors (Lipinski definition) is 2. The van der Waals surface area contributed by atoms with E-state index in [4.69, 9.17) is 0 Å². The number of aliphatic hydroxyl groups is 1. The van der Waals surface area contributed by atoms with Gasteiger partial charge in [-0.2, -0.15) is 0 Å². The molecule has 94 valence electrons. The number of aliphatic hydroxyl groups excluding tert-OH is 1. The van der Waals surface area contributed by atoms with E-state index in [1.807, 2.05) is 32.3 Å². The lowest BCUT2D eigenvalue weighted by atomic mass is 9.80. The van der Waals surface area contributed by atoms with Crippen molar-refractivity contribution in [1.29, 1.82) is 0 Å². The summed E-state index contributed by atoms with van der Waals surface area (Å²) in [5.41, 5.74) is 0.916. The Morgan fingerprint density at radius 3 is 3.00 bits per heavy atom. The molecule has 17 heavy (non-hydrogen) atoms. The molecule has 0 radical (unpaired) electrons. The Morgan fingerprint density at radius 1 is 1.65 bits per heavy atom. The number of H-pyrrole nitrogens is 1. The summed E-state index contributed by atoms with van der Waals surface area (Å²) in [6.07, 6.45) is 4.49. The SMILES string of the molecule is CC1(C)CCN(C(=O)Cc2cc[nH]c2)CC1O. The number of carbonyl (C=O) groups is 1. The van der Waals surface area contributed by atoms with Crippen LogP contribution in [0, 0.1) is 5.41 Å². The molecular formula is C13H20N2O2. The van der Waals surface area contributed by atoms with Gasteiger partial charge in [0.05, 0.1) is 12.5 Å². The number of aromatic amines is 1. The topological polar surface area (TPSA) is 56.3 Å². The van der Waals surface area contributed by atoms with Gasteiger partial charge in [0.25, 0.3) is 0 Å². The molecule has 1 unspecified atom stereocenters. The van der Waals surface area contributed by atoms with Crippen LogP contribution in [0.4, 0.5) is 0 Å². The third-order valence-corrected chi connectivity index (χ3v) is 3.69. The molecule has 1 aromatic heterocycles. The van der Waals surface area contributed by atoms with Crippen molar-refractivity contribution in [2.75, 3.05) is 13.1 Å². The molecule has 2 N–H and O–H groups in total. The number of nitrogens with one attached hydrogen (secondary N) is 1. The van der Waals surface area contributed by atoms with E-state index in [-0.39, 0.29) is 11.3 Å². The molecule has 1 saturated heterocycles. The number of piperidine rings is 1. The Kier molecular flexibility index (Phi) is 3.24. The molecule has 1 fully saturated rings. The average molecular weight is 236 g/mol. The molecule has 0 spiro atoms. The highest BCUT2D eigenvalue weighted by atomic mass is 16.3. The summed E-state index contributed by atoms with van der Waals surface area (Å²) in [5, 5.41) is 9.98. The maximum atomic E-state index is 12.0. The zero-order valence-electron chi connectivity index (χ0n) is 10.4. The Labute approximate surface area is 102 Å². The molecule has 0 aliphatic carbocycles. The van der Waals surface area contributed by atoms with E-state index in [1.165, 1.54) is 0 Å². The average Bonchev–Trinajstić information content (AvgIpc) is 2.74. The number of carbonyl (C=O) groups excluding carboxylic acids is 1. The van der Waals surface area contributed by atoms with Crippen LogP contribution in [0.3, 0.4) is 0 Å². The summed E-state index contributed by atoms with van der Waals surface area (Å²) in [7, 11) is 0. The Hall–Kier alpha value is -1.29. The molecule has 1 aliphatic heterocycles. The second-order valence-corrected chi connectivity index (χ2v) is 5.49. The van der Waals surface area contributed by atoms with Gasteiger partial charge in [0.2, 0.25) is 5.91 Å². The lowest BCUT2D eigenvalue weighted by Crippen LogP contribution is -2.50. The van der Waals surface area contributed by atoms with E-state index >= 15 is 0 Å². The van der Waals surface area contributed by atoms with Crippen molar-refractivity contribution in [2.45, 2.75) is 32.8 Å². The zero-order chi connectivity index (χ0) is 12.5. The van der Waals surface area contributed by atoms with Crippen LogP contribution in [0.15, 0.2) is 18.5 Å². The molecule has 0 saturated carbocycles. The predicted molar refractivity (Wildman–Crippen MR) is 65.5 cm³/mol. The van der Waals surface area contributed by atoms with E-state index in [9.17, 15) is 9.90 Å². The van der Waals surface area contributed by atoms with Crippen LogP contribution in [0.5, 0.6) is 0 Å². The van der Waals surface area contributed by atoms with Gasteiger partial charge in [-0.3, -0.25) is 4.79 Å². The predicted octanol–water partition coefficient (Wildman–Crippen LogP) is 1.18. The van der Waals surface area contributed by atoms with E-state index in [1.54, 1.807) is 4.90 Å². The minimum absolute atomic E-state index is 0.0785. The van der Waals surface area contributed by atoms with Crippen molar-refractivity contribution >= 4 is 5.91 Å². The maximum Gasteiger partial charge on any atom is 0.227 e. The molecule has 0 bridgehead atoms. The normalized spacial score (nSPS) is 23.7. The summed E-state index contributed by atoms with van der Waals surface area (Å²) in [6, 6.07) is 1.90. The first-order valence-electron chi connectivity index (χ1n) is 6.06. The van der Waals surface area contributed by atoms with Gasteiger partial charge in [0.15, 0.2) is 0 Å². The first-order valence-corrected chi connectivity index (χ1v) is 6.06. The number of nitrogens with zero attached hydrogens (tertiary/aromatic N) is 1. The Bertz CT molecular complexity index is 384. The van der Waals surface area contributed by atoms with Gasteiger partial charge >= 0.3 is 0 Å². The van der Waals surface area contributed by atoms with Gasteiger partial charge < -0.3 is 15.0 Å². The zero-order valence-corrected chi connectivity index (χ0v) is 10.4. The van der Waals surface area contributed by atoms with E-state index < -0.39 is 6.10 Å². The fraction of sp³-hybridized carbons (Fsp3) is 0.615. The van der Waals surface area contributed by atoms with Gasteiger partial charge in [-0.05, 0) is 23.5 Å². The van der Waals surface area contributed by atoms with Crippen molar-refractivity contribution in [1.82, 2.24) is 9.88 Å². The third-order valence-electron chi connectivity index (χ3n) is 3.69. The van der Waals surface area contributed by atoms with Crippen LogP contribution in [-0.4, -0.2) is 40.1 Å². The number of amides is 1. The van der Waals surface area contributed by atoms with Crippen LogP contribution in [0.25, 0.3) is 0 Å². The van der Waals surface area contributed by atoms with Crippen LogP contribution in [-0.2, 0) is 11.2 Å². The lowest BCUT2D eigenvalue weighted by molar-refractivity contribution is -0.137. The van der Waals surface area contributed by atoms with Crippen molar-refractivity contribution in [3.8, 4) is 0 Å². The van der Waals surface area contributed by atoms with E-state index in [0.717, 1.165) is 18.5 Å². The molecule has 1 atom stereocenters. The van der Waals surface area contributed by atoms with Crippen LogP contribution < -0.4 is 0 Å². The molecule has 2 heterocycles. The number of β-amino-alcohol motifs (C(OH)–C–C–N with tert-alkyl or cyclic N) is 1. The standard InChI is InChI=1S/C13H20N2O2/c1-13(2)4-6-15(9-11(13)16)12(17)7-10-3-5-14-8-10/h3,5,8,11,14,16H,4,6-7,9H2,1-2H3. The van der Waals surface area contributed by atoms with Crippen molar-refractivity contribution in [3.63, 3.8) is 0 Å². The maximum absolute atomic E-state index is 12.0. The minimum atomic E-state index is -0.425. The van der Waals surface area contributed by atoms with E-state index in [2.05, 4.69) is 4.98 Å². The molecule has 0 aromatic carbocycles. The van der Waals surface area contributed by atoms with Gasteiger partial charge in [-0.25, -0.2) is 0 Å². The fourth-order valence-electron chi connectivity index (χ4n) is 2.12. The van der Waals surface area contributed by atoms with Gasteiger partial charge in [0, 0.05) is 25.5 Å². The van der Waals surface area contributed by atoms with Crippen LogP contribution >= 0.6 is 0 Å². The summed E-state index contributed by atoms with van der Waals surface area (Å²) >= 11 is 0. The first kappa shape index (κ1) is 12.2. The number of likely N-dealkylation sites (tertiary alicyclic amines) is 1. The second-order valence-electron chi connectivity index (χ2n) is 5.49. The molecular weight excluding hydrogens is 216 g/mol. The van der Waals surface area contributed by atoms with Gasteiger partial charge in [-0.1, -0.05) is 13.8 Å². The number of rotatable bonds is 2. The molecule has 4 heteroatoms. The van der Waals surface area contributed by atoms with Crippen LogP contribution in [0.2, 0.25) is 0 Å². The molecule has 1 aliphatic rings. The minimum Gasteiger partial charge on any atom is -0.391 e. The number of hydrogen-bond acceptors (Lipinski definition) is 2. The molecule has 2 rings (SSSR count). The summed E-state index contributed by atoms with van der Waals surface area (Å²) in [4.78, 5) is 16.7.